The Kier molecular flexibility index (Phi) is 11.9. The Bertz CT molecular complexity index is 1490. The lowest BCUT2D eigenvalue weighted by Gasteiger charge is -2.34. The molecule has 0 aliphatic carbocycles. The lowest BCUT2D eigenvalue weighted by Crippen LogP contribution is -2.54. The molecule has 3 rings (SSSR count). The third-order valence-corrected chi connectivity index (χ3v) is 9.10. The second-order valence-corrected chi connectivity index (χ2v) is 13.7. The Morgan fingerprint density at radius 3 is 2.17 bits per heavy atom. The molecule has 0 bridgehead atoms. The number of rotatable bonds is 12. The normalized spacial score (nSPS) is 12.9. The summed E-state index contributed by atoms with van der Waals surface area (Å²) < 4.78 is 27.6. The topological polar surface area (TPSA) is 86.8 Å². The highest BCUT2D eigenvalue weighted by Gasteiger charge is 2.34. The molecule has 0 aliphatic heterocycles. The number of carbonyl (C=O) groups is 2. The van der Waals surface area contributed by atoms with Crippen LogP contribution in [0.5, 0.6) is 0 Å². The summed E-state index contributed by atoms with van der Waals surface area (Å²) in [4.78, 5) is 29.3. The van der Waals surface area contributed by atoms with Crippen molar-refractivity contribution in [2.75, 3.05) is 17.1 Å². The van der Waals surface area contributed by atoms with E-state index in [1.807, 2.05) is 68.4 Å². The van der Waals surface area contributed by atoms with E-state index in [1.165, 1.54) is 17.0 Å². The molecule has 0 heterocycles. The monoisotopic (exact) mass is 701 g/mol. The first-order valence-electron chi connectivity index (χ1n) is 12.8. The van der Waals surface area contributed by atoms with Gasteiger partial charge in [-0.1, -0.05) is 100 Å². The van der Waals surface area contributed by atoms with Gasteiger partial charge in [0.05, 0.1) is 27.0 Å². The average Bonchev–Trinajstić information content (AvgIpc) is 2.91. The molecule has 1 N–H and O–H groups in total. The van der Waals surface area contributed by atoms with Crippen LogP contribution in [0.4, 0.5) is 5.69 Å². The first-order valence-corrected chi connectivity index (χ1v) is 16.6. The van der Waals surface area contributed by atoms with E-state index in [0.717, 1.165) is 26.2 Å². The Labute approximate surface area is 264 Å². The maximum absolute atomic E-state index is 14.1. The van der Waals surface area contributed by atoms with Crippen molar-refractivity contribution in [2.24, 2.45) is 0 Å². The highest BCUT2D eigenvalue weighted by Crippen LogP contribution is 2.35. The maximum atomic E-state index is 14.1. The van der Waals surface area contributed by atoms with Crippen molar-refractivity contribution in [2.45, 2.75) is 45.3 Å². The van der Waals surface area contributed by atoms with Crippen molar-refractivity contribution in [3.63, 3.8) is 0 Å². The van der Waals surface area contributed by atoms with E-state index in [4.69, 9.17) is 34.8 Å². The molecular formula is C29H31BrCl3N3O4S. The first kappa shape index (κ1) is 33.2. The van der Waals surface area contributed by atoms with E-state index in [9.17, 15) is 18.0 Å². The minimum absolute atomic E-state index is 0.00277. The third-order valence-electron chi connectivity index (χ3n) is 6.45. The van der Waals surface area contributed by atoms with E-state index < -0.39 is 28.5 Å². The summed E-state index contributed by atoms with van der Waals surface area (Å²) in [6.45, 7) is 3.27. The Morgan fingerprint density at radius 2 is 1.56 bits per heavy atom. The Morgan fingerprint density at radius 1 is 0.927 bits per heavy atom. The summed E-state index contributed by atoms with van der Waals surface area (Å²) >= 11 is 22.1. The molecule has 41 heavy (non-hydrogen) atoms. The van der Waals surface area contributed by atoms with Gasteiger partial charge < -0.3 is 10.2 Å². The fourth-order valence-electron chi connectivity index (χ4n) is 4.13. The molecule has 12 heteroatoms. The van der Waals surface area contributed by atoms with Crippen LogP contribution >= 0.6 is 50.7 Å². The van der Waals surface area contributed by atoms with Gasteiger partial charge in [0.15, 0.2) is 0 Å². The van der Waals surface area contributed by atoms with Crippen LogP contribution in [0.2, 0.25) is 15.1 Å². The van der Waals surface area contributed by atoms with Crippen LogP contribution in [0.15, 0.2) is 71.2 Å². The van der Waals surface area contributed by atoms with Gasteiger partial charge in [0.1, 0.15) is 12.6 Å². The largest absolute Gasteiger partial charge is 0.352 e. The van der Waals surface area contributed by atoms with Gasteiger partial charge in [-0.05, 0) is 48.7 Å². The fraction of sp³-hybridized carbons (Fsp3) is 0.310. The summed E-state index contributed by atoms with van der Waals surface area (Å²) in [5.74, 6) is -0.942. The van der Waals surface area contributed by atoms with Gasteiger partial charge in [0, 0.05) is 23.5 Å². The molecule has 0 spiro atoms. The van der Waals surface area contributed by atoms with Crippen molar-refractivity contribution in [1.29, 1.82) is 0 Å². The zero-order chi connectivity index (χ0) is 30.3. The minimum Gasteiger partial charge on any atom is -0.352 e. The molecule has 0 fully saturated rings. The number of anilines is 1. The second kappa shape index (κ2) is 14.7. The minimum atomic E-state index is -4.01. The molecule has 220 valence electrons. The maximum Gasteiger partial charge on any atom is 0.244 e. The molecule has 0 radical (unpaired) electrons. The lowest BCUT2D eigenvalue weighted by molar-refractivity contribution is -0.140. The van der Waals surface area contributed by atoms with Crippen molar-refractivity contribution in [3.8, 4) is 0 Å². The third kappa shape index (κ3) is 9.35. The smallest absolute Gasteiger partial charge is 0.244 e. The summed E-state index contributed by atoms with van der Waals surface area (Å²) in [7, 11) is -4.01. The Balaban J connectivity index is 2.10. The summed E-state index contributed by atoms with van der Waals surface area (Å²) in [5.41, 5.74) is 1.60. The van der Waals surface area contributed by atoms with Gasteiger partial charge in [0.25, 0.3) is 0 Å². The van der Waals surface area contributed by atoms with Crippen LogP contribution in [0.25, 0.3) is 0 Å². The number of benzene rings is 3. The molecule has 7 nitrogen and oxygen atoms in total. The van der Waals surface area contributed by atoms with E-state index in [1.54, 1.807) is 0 Å². The number of sulfonamides is 1. The molecular weight excluding hydrogens is 673 g/mol. The Hall–Kier alpha value is -2.30. The van der Waals surface area contributed by atoms with E-state index in [0.29, 0.717) is 6.42 Å². The van der Waals surface area contributed by atoms with Crippen molar-refractivity contribution in [1.82, 2.24) is 10.2 Å². The molecule has 0 aliphatic rings. The lowest BCUT2D eigenvalue weighted by atomic mass is 10.0. The van der Waals surface area contributed by atoms with Gasteiger partial charge in [0.2, 0.25) is 21.8 Å². The van der Waals surface area contributed by atoms with Crippen molar-refractivity contribution >= 4 is 78.3 Å². The number of carbonyl (C=O) groups excluding carboxylic acids is 2. The van der Waals surface area contributed by atoms with Gasteiger partial charge in [-0.25, -0.2) is 8.42 Å². The number of halogens is 4. The number of hydrogen-bond donors (Lipinski definition) is 1. The van der Waals surface area contributed by atoms with Crippen molar-refractivity contribution in [3.05, 3.63) is 97.4 Å². The van der Waals surface area contributed by atoms with Gasteiger partial charge >= 0.3 is 0 Å². The van der Waals surface area contributed by atoms with Crippen LogP contribution in [0.3, 0.4) is 0 Å². The molecule has 2 atom stereocenters. The van der Waals surface area contributed by atoms with Crippen LogP contribution in [0, 0.1) is 0 Å². The summed E-state index contributed by atoms with van der Waals surface area (Å²) in [6, 6.07) is 18.2. The number of nitrogens with zero attached hydrogens (tertiary/aromatic N) is 2. The predicted molar refractivity (Wildman–Crippen MR) is 170 cm³/mol. The highest BCUT2D eigenvalue weighted by molar-refractivity contribution is 9.10. The molecule has 3 aromatic rings. The van der Waals surface area contributed by atoms with Crippen LogP contribution in [-0.4, -0.2) is 50.0 Å². The van der Waals surface area contributed by atoms with Crippen LogP contribution in [0.1, 0.15) is 31.4 Å². The summed E-state index contributed by atoms with van der Waals surface area (Å²) in [5, 5.41) is 3.22. The molecule has 0 saturated heterocycles. The number of nitrogens with one attached hydrogen (secondary N) is 1. The van der Waals surface area contributed by atoms with Crippen molar-refractivity contribution < 1.29 is 18.0 Å². The molecule has 0 aromatic heterocycles. The van der Waals surface area contributed by atoms with E-state index in [2.05, 4.69) is 21.2 Å². The van der Waals surface area contributed by atoms with Gasteiger partial charge in [-0.3, -0.25) is 13.9 Å². The zero-order valence-corrected chi connectivity index (χ0v) is 27.5. The standard InChI is InChI=1S/C29H31BrCl3N3O4S/c1-4-19(2)34-29(38)27(14-20-9-6-5-7-10-20)35(17-21-11-8-12-22(30)13-21)28(37)18-36(41(3,39)40)26-16-24(32)23(31)15-25(26)33/h5-13,15-16,19,27H,4,14,17-18H2,1-3H3,(H,34,38)/t19-,27-/m1/s1. The zero-order valence-electron chi connectivity index (χ0n) is 22.8. The quantitative estimate of drug-likeness (QED) is 0.212. The van der Waals surface area contributed by atoms with E-state index in [-0.39, 0.29) is 45.7 Å². The molecule has 0 saturated carbocycles. The highest BCUT2D eigenvalue weighted by atomic mass is 79.9. The van der Waals surface area contributed by atoms with Gasteiger partial charge in [-0.15, -0.1) is 0 Å². The predicted octanol–water partition coefficient (Wildman–Crippen LogP) is 6.73. The van der Waals surface area contributed by atoms with E-state index >= 15 is 0 Å². The average molecular weight is 704 g/mol. The SMILES string of the molecule is CC[C@@H](C)NC(=O)[C@@H](Cc1ccccc1)N(Cc1cccc(Br)c1)C(=O)CN(c1cc(Cl)c(Cl)cc1Cl)S(C)(=O)=O. The van der Waals surface area contributed by atoms with Crippen LogP contribution in [-0.2, 0) is 32.6 Å². The number of amides is 2. The summed E-state index contributed by atoms with van der Waals surface area (Å²) in [6.07, 6.45) is 1.88. The molecule has 0 unspecified atom stereocenters. The first-order chi connectivity index (χ1) is 19.3. The number of hydrogen-bond acceptors (Lipinski definition) is 4. The van der Waals surface area contributed by atoms with Crippen LogP contribution < -0.4 is 9.62 Å². The fourth-order valence-corrected chi connectivity index (χ4v) is 6.12. The molecule has 2 amide bonds. The second-order valence-electron chi connectivity index (χ2n) is 9.66. The molecule has 3 aromatic carbocycles. The van der Waals surface area contributed by atoms with Gasteiger partial charge in [-0.2, -0.15) is 0 Å².